The fraction of sp³-hybridized carbons (Fsp3) is 0.429. The number of aliphatic hydroxyl groups is 2. The van der Waals surface area contributed by atoms with Gasteiger partial charge in [-0.1, -0.05) is 45.6 Å². The van der Waals surface area contributed by atoms with Gasteiger partial charge in [0.15, 0.2) is 23.7 Å². The molecule has 0 radical (unpaired) electrons. The molecular weight excluding hydrogens is 717 g/mol. The van der Waals surface area contributed by atoms with Crippen molar-refractivity contribution >= 4 is 44.9 Å². The lowest BCUT2D eigenvalue weighted by Crippen LogP contribution is -2.75. The van der Waals surface area contributed by atoms with Crippen LogP contribution in [0.4, 0.5) is 0 Å². The second-order valence-electron chi connectivity index (χ2n) is 13.5. The van der Waals surface area contributed by atoms with Gasteiger partial charge < -0.3 is 50.4 Å². The third-order valence-electron chi connectivity index (χ3n) is 10.4. The van der Waals surface area contributed by atoms with Crippen LogP contribution in [0.3, 0.4) is 0 Å². The smallest absolute Gasteiger partial charge is 0.326 e. The van der Waals surface area contributed by atoms with Crippen LogP contribution in [0.5, 0.6) is 11.5 Å². The van der Waals surface area contributed by atoms with Crippen molar-refractivity contribution < 1.29 is 68.5 Å². The van der Waals surface area contributed by atoms with Gasteiger partial charge in [-0.15, -0.1) is 0 Å². The molecule has 2 heterocycles. The molecule has 2 aliphatic carbocycles. The lowest BCUT2D eigenvalue weighted by Gasteiger charge is -2.62. The van der Waals surface area contributed by atoms with Crippen molar-refractivity contribution in [3.63, 3.8) is 0 Å². The van der Waals surface area contributed by atoms with Gasteiger partial charge in [0.05, 0.1) is 24.3 Å². The van der Waals surface area contributed by atoms with Crippen LogP contribution in [0.1, 0.15) is 48.5 Å². The largest absolute Gasteiger partial charge is 0.504 e. The van der Waals surface area contributed by atoms with Crippen molar-refractivity contribution in [2.24, 2.45) is 0 Å². The molecule has 18 heteroatoms. The maximum absolute atomic E-state index is 13.7. The monoisotopic (exact) mass is 755 g/mol. The Balaban J connectivity index is 1.30. The minimum atomic E-state index is -1.79. The van der Waals surface area contributed by atoms with E-state index in [9.17, 15) is 54.3 Å². The van der Waals surface area contributed by atoms with Gasteiger partial charge in [0.2, 0.25) is 0 Å². The number of amides is 2. The van der Waals surface area contributed by atoms with Gasteiger partial charge in [0, 0.05) is 12.0 Å². The van der Waals surface area contributed by atoms with E-state index in [1.54, 1.807) is 24.3 Å². The molecule has 2 aromatic rings. The Bertz CT molecular complexity index is 1890. The highest BCUT2D eigenvalue weighted by Gasteiger charge is 2.74. The number of piperidine rings is 1. The van der Waals surface area contributed by atoms with Gasteiger partial charge >= 0.3 is 23.9 Å². The van der Waals surface area contributed by atoms with Gasteiger partial charge in [0.1, 0.15) is 29.3 Å². The van der Waals surface area contributed by atoms with Crippen LogP contribution in [-0.2, 0) is 50.1 Å². The number of phenols is 1. The Hall–Kier alpha value is -5.09. The van der Waals surface area contributed by atoms with Crippen LogP contribution in [0.25, 0.3) is 0 Å². The summed E-state index contributed by atoms with van der Waals surface area (Å²) in [5.74, 6) is -9.08. The summed E-state index contributed by atoms with van der Waals surface area (Å²) in [6.07, 6.45) is -2.58. The number of esters is 2. The first-order valence-corrected chi connectivity index (χ1v) is 17.3. The van der Waals surface area contributed by atoms with E-state index in [1.807, 2.05) is 21.2 Å². The third kappa shape index (κ3) is 6.58. The molecule has 2 aliphatic heterocycles. The second kappa shape index (κ2) is 14.4. The van der Waals surface area contributed by atoms with Crippen molar-refractivity contribution in [3.8, 4) is 11.5 Å². The van der Waals surface area contributed by atoms with E-state index in [0.29, 0.717) is 18.5 Å². The molecule has 17 nitrogen and oxygen atoms in total. The number of carbonyl (C=O) groups is 6. The van der Waals surface area contributed by atoms with Gasteiger partial charge in [-0.3, -0.25) is 24.1 Å². The van der Waals surface area contributed by atoms with Crippen LogP contribution in [0.15, 0.2) is 54.3 Å². The number of rotatable bonds is 13. The number of carboxylic acid groups (broad SMARTS) is 2. The van der Waals surface area contributed by atoms with Gasteiger partial charge in [0.25, 0.3) is 11.8 Å². The molecule has 3 unspecified atom stereocenters. The highest BCUT2D eigenvalue weighted by molar-refractivity contribution is 7.19. The number of nitrogens with one attached hydrogen (secondary N) is 2. The van der Waals surface area contributed by atoms with E-state index < -0.39 is 95.7 Å². The average molecular weight is 756 g/mol. The third-order valence-corrected chi connectivity index (χ3v) is 10.7. The summed E-state index contributed by atoms with van der Waals surface area (Å²) in [7, 11) is 3.64. The summed E-state index contributed by atoms with van der Waals surface area (Å²) in [5, 5.41) is 54.8. The highest BCUT2D eigenvalue weighted by atomic mass is 31.0. The normalized spacial score (nSPS) is 25.9. The van der Waals surface area contributed by atoms with Gasteiger partial charge in [-0.05, 0) is 49.7 Å². The van der Waals surface area contributed by atoms with Crippen LogP contribution >= 0.6 is 9.24 Å². The number of nitrogens with zero attached hydrogens (tertiary/aromatic N) is 1. The first kappa shape index (κ1) is 37.7. The number of aliphatic hydroxyl groups excluding tert-OH is 2. The summed E-state index contributed by atoms with van der Waals surface area (Å²) in [6, 6.07) is 6.92. The Labute approximate surface area is 304 Å². The molecular formula is C35H38N3O14P. The van der Waals surface area contributed by atoms with Crippen LogP contribution in [0, 0.1) is 0 Å². The molecule has 1 fully saturated rings. The van der Waals surface area contributed by atoms with E-state index in [-0.39, 0.29) is 35.7 Å². The number of likely N-dealkylation sites (tertiary alicyclic amines) is 1. The summed E-state index contributed by atoms with van der Waals surface area (Å²) in [4.78, 5) is 78.0. The molecule has 7 N–H and O–H groups in total. The fourth-order valence-corrected chi connectivity index (χ4v) is 8.15. The van der Waals surface area contributed by atoms with Crippen LogP contribution in [-0.4, -0.2) is 115 Å². The number of aromatic hydroxyl groups is 1. The van der Waals surface area contributed by atoms with Crippen LogP contribution in [0.2, 0.25) is 0 Å². The lowest BCUT2D eigenvalue weighted by molar-refractivity contribution is -0.207. The van der Waals surface area contributed by atoms with Crippen molar-refractivity contribution in [3.05, 3.63) is 71.0 Å². The summed E-state index contributed by atoms with van der Waals surface area (Å²) < 4.78 is 18.4. The minimum Gasteiger partial charge on any atom is -0.504 e. The van der Waals surface area contributed by atoms with E-state index >= 15 is 0 Å². The van der Waals surface area contributed by atoms with E-state index in [0.717, 1.165) is 5.56 Å². The number of likely N-dealkylation sites (N-methyl/N-ethyl adjacent to an activating group) is 1. The summed E-state index contributed by atoms with van der Waals surface area (Å²) in [5.41, 5.74) is -1.25. The standard InChI is InChI=1S/C35H38N3O14P/c1-38-12-11-34-25-17-7-8-20(39)27(25)51-28(34)21(50-23(40)14-18(31(45)46)36-29(43)26(42)16-5-3-2-4-6-16)9-10-35(34,22(38)13-17)52-24(41)15-19(32(47)48)37-30(44)33(49)53/h2-9,18-19,22,26,28,33,39,42,49H,10-15,53H2,1H3,(H,36,43)(H,37,44)(H,45,46)(H,47,48)/t18-,19-,22+,26-,28?,33+,34?,35+/m0/s1. The van der Waals surface area contributed by atoms with Crippen molar-refractivity contribution in [2.75, 3.05) is 13.6 Å². The predicted molar refractivity (Wildman–Crippen MR) is 182 cm³/mol. The number of carboxylic acids is 2. The quantitative estimate of drug-likeness (QED) is 0.102. The van der Waals surface area contributed by atoms with Crippen molar-refractivity contribution in [1.29, 1.82) is 0 Å². The Morgan fingerprint density at radius 1 is 0.962 bits per heavy atom. The Kier molecular flexibility index (Phi) is 10.2. The molecule has 282 valence electrons. The minimum absolute atomic E-state index is 0.0571. The summed E-state index contributed by atoms with van der Waals surface area (Å²) >= 11 is 0. The molecule has 2 aromatic carbocycles. The van der Waals surface area contributed by atoms with E-state index in [2.05, 4.69) is 10.6 Å². The molecule has 2 amide bonds. The first-order chi connectivity index (χ1) is 25.1. The van der Waals surface area contributed by atoms with Gasteiger partial charge in [-0.25, -0.2) is 9.59 Å². The number of hydrogen-bond acceptors (Lipinski definition) is 13. The lowest BCUT2D eigenvalue weighted by atomic mass is 9.50. The first-order valence-electron chi connectivity index (χ1n) is 16.7. The van der Waals surface area contributed by atoms with Crippen molar-refractivity contribution in [1.82, 2.24) is 15.5 Å². The van der Waals surface area contributed by atoms with E-state index in [4.69, 9.17) is 14.2 Å². The molecule has 4 aliphatic rings. The number of hydrogen-bond donors (Lipinski definition) is 7. The highest BCUT2D eigenvalue weighted by Crippen LogP contribution is 2.66. The molecule has 6 rings (SSSR count). The molecule has 0 saturated carbocycles. The van der Waals surface area contributed by atoms with Crippen LogP contribution < -0.4 is 15.4 Å². The zero-order chi connectivity index (χ0) is 38.4. The topological polar surface area (TPSA) is 259 Å². The van der Waals surface area contributed by atoms with Crippen molar-refractivity contribution in [2.45, 2.75) is 79.3 Å². The second-order valence-corrected chi connectivity index (χ2v) is 14.1. The maximum Gasteiger partial charge on any atom is 0.326 e. The summed E-state index contributed by atoms with van der Waals surface area (Å²) in [6.45, 7) is 0.441. The molecule has 53 heavy (non-hydrogen) atoms. The molecule has 0 aromatic heterocycles. The predicted octanol–water partition coefficient (Wildman–Crippen LogP) is -0.390. The maximum atomic E-state index is 13.7. The van der Waals surface area contributed by atoms with Gasteiger partial charge in [-0.2, -0.15) is 0 Å². The number of carbonyl (C=O) groups excluding carboxylic acids is 4. The SMILES string of the molecule is CN1CCC23c4c5ccc(O)c4OC2C(OC(=O)C[C@H](NC(=O)[C@@H](O)c2ccccc2)C(=O)O)=CC[C@@]3(OC(=O)C[C@H](NC(=O)[C@H](O)P)C(=O)O)[C@H]1C5. The fourth-order valence-electron chi connectivity index (χ4n) is 8.05. The molecule has 1 saturated heterocycles. The number of benzene rings is 2. The average Bonchev–Trinajstić information content (AvgIpc) is 3.47. The molecule has 2 bridgehead atoms. The molecule has 9 atom stereocenters. The zero-order valence-electron chi connectivity index (χ0n) is 28.3. The Morgan fingerprint density at radius 2 is 1.60 bits per heavy atom. The number of phenolic OH excluding ortho intramolecular Hbond substituents is 1. The number of aliphatic carboxylic acids is 2. The van der Waals surface area contributed by atoms with E-state index in [1.165, 1.54) is 24.3 Å². The number of ether oxygens (including phenoxy) is 3. The zero-order valence-corrected chi connectivity index (χ0v) is 29.4. The molecule has 1 spiro atoms. The Morgan fingerprint density at radius 3 is 2.25 bits per heavy atom.